The van der Waals surface area contributed by atoms with E-state index in [9.17, 15) is 44.6 Å². The van der Waals surface area contributed by atoms with Crippen molar-refractivity contribution in [1.82, 2.24) is 0 Å². The number of unbranched alkanes of at least 4 members (excludes halogenated alkanes) is 14. The van der Waals surface area contributed by atoms with Crippen LogP contribution in [-0.4, -0.2) is 98.3 Å². The zero-order valence-corrected chi connectivity index (χ0v) is 39.2. The fourth-order valence-electron chi connectivity index (χ4n) is 6.67. The smallest absolute Gasteiger partial charge is 0.462 e. The molecular weight excluding hydrogens is 827 g/mol. The minimum absolute atomic E-state index is 0.0180. The Bertz CT molecular complexity index is 1380. The number of aliphatic hydroxyl groups is 5. The Labute approximate surface area is 378 Å². The molecule has 0 radical (unpaired) electrons. The van der Waals surface area contributed by atoms with E-state index in [4.69, 9.17) is 18.5 Å². The van der Waals surface area contributed by atoms with Crippen LogP contribution in [0.15, 0.2) is 72.9 Å². The highest BCUT2D eigenvalue weighted by Crippen LogP contribution is 2.47. The molecule has 13 nitrogen and oxygen atoms in total. The third kappa shape index (κ3) is 31.0. The predicted molar refractivity (Wildman–Crippen MR) is 249 cm³/mol. The van der Waals surface area contributed by atoms with Gasteiger partial charge in [-0.1, -0.05) is 151 Å². The summed E-state index contributed by atoms with van der Waals surface area (Å²) in [6, 6.07) is 0. The summed E-state index contributed by atoms with van der Waals surface area (Å²) in [6.45, 7) is 3.18. The van der Waals surface area contributed by atoms with E-state index in [0.717, 1.165) is 38.5 Å². The number of carbonyl (C=O) groups excluding carboxylic acids is 2. The monoisotopic (exact) mass is 911 g/mol. The van der Waals surface area contributed by atoms with Crippen molar-refractivity contribution in [3.05, 3.63) is 72.9 Å². The Morgan fingerprint density at radius 2 is 0.857 bits per heavy atom. The molecule has 0 spiro atoms. The summed E-state index contributed by atoms with van der Waals surface area (Å²) in [5, 5.41) is 50.2. The minimum Gasteiger partial charge on any atom is -0.462 e. The molecule has 0 aromatic rings. The maximum absolute atomic E-state index is 12.8. The number of esters is 2. The van der Waals surface area contributed by atoms with Crippen LogP contribution in [0, 0.1) is 0 Å². The van der Waals surface area contributed by atoms with E-state index < -0.39 is 75.7 Å². The van der Waals surface area contributed by atoms with E-state index in [1.165, 1.54) is 77.0 Å². The highest BCUT2D eigenvalue weighted by molar-refractivity contribution is 7.47. The molecule has 0 aliphatic heterocycles. The second kappa shape index (κ2) is 38.5. The van der Waals surface area contributed by atoms with Crippen LogP contribution in [0.4, 0.5) is 0 Å². The molecule has 0 saturated heterocycles. The van der Waals surface area contributed by atoms with Crippen molar-refractivity contribution in [2.45, 2.75) is 211 Å². The summed E-state index contributed by atoms with van der Waals surface area (Å²) in [7, 11) is -5.15. The number of rotatable bonds is 38. The van der Waals surface area contributed by atoms with Crippen molar-refractivity contribution in [2.24, 2.45) is 0 Å². The largest absolute Gasteiger partial charge is 0.472 e. The highest BCUT2D eigenvalue weighted by atomic mass is 31.2. The summed E-state index contributed by atoms with van der Waals surface area (Å²) < 4.78 is 33.4. The van der Waals surface area contributed by atoms with Gasteiger partial charge in [-0.2, -0.15) is 0 Å². The van der Waals surface area contributed by atoms with Crippen molar-refractivity contribution < 1.29 is 63.1 Å². The van der Waals surface area contributed by atoms with E-state index in [1.54, 1.807) is 0 Å². The molecule has 1 aliphatic carbocycles. The van der Waals surface area contributed by atoms with Gasteiger partial charge in [0.15, 0.2) is 6.10 Å². The molecule has 0 aromatic heterocycles. The lowest BCUT2D eigenvalue weighted by Gasteiger charge is -2.41. The van der Waals surface area contributed by atoms with Gasteiger partial charge in [-0.15, -0.1) is 0 Å². The van der Waals surface area contributed by atoms with Gasteiger partial charge in [0.2, 0.25) is 0 Å². The second-order valence-corrected chi connectivity index (χ2v) is 17.7. The lowest BCUT2D eigenvalue weighted by Crippen LogP contribution is -2.64. The maximum Gasteiger partial charge on any atom is 0.472 e. The summed E-state index contributed by atoms with van der Waals surface area (Å²) in [5.74, 6) is -1.22. The lowest BCUT2D eigenvalue weighted by atomic mass is 9.85. The van der Waals surface area contributed by atoms with E-state index >= 15 is 0 Å². The van der Waals surface area contributed by atoms with E-state index in [0.29, 0.717) is 25.7 Å². The molecule has 14 heteroatoms. The zero-order chi connectivity index (χ0) is 46.4. The van der Waals surface area contributed by atoms with Gasteiger partial charge >= 0.3 is 19.8 Å². The van der Waals surface area contributed by atoms with Gasteiger partial charge in [0, 0.05) is 12.8 Å². The molecule has 0 aromatic carbocycles. The summed E-state index contributed by atoms with van der Waals surface area (Å²) >= 11 is 0. The SMILES string of the molecule is CCCCC/C=C/C/C=C/C/C=C/C/C=C/CCCC(=O)OC[C@@H](COP(=O)(O)OC1C(O)C(O)C(O)[C@H](O)C1O)OC(=O)CCC/C=C/C/C=C/CCCCCCCCCCC. The van der Waals surface area contributed by atoms with Gasteiger partial charge in [-0.3, -0.25) is 18.6 Å². The van der Waals surface area contributed by atoms with Crippen LogP contribution in [0.2, 0.25) is 0 Å². The topological polar surface area (TPSA) is 210 Å². The maximum atomic E-state index is 12.8. The van der Waals surface area contributed by atoms with Gasteiger partial charge in [-0.25, -0.2) is 4.57 Å². The van der Waals surface area contributed by atoms with Gasteiger partial charge in [0.1, 0.15) is 43.2 Å². The van der Waals surface area contributed by atoms with E-state index in [2.05, 4.69) is 62.5 Å². The molecule has 362 valence electrons. The molecule has 6 N–H and O–H groups in total. The molecule has 0 bridgehead atoms. The zero-order valence-electron chi connectivity index (χ0n) is 38.3. The Morgan fingerprint density at radius 3 is 1.33 bits per heavy atom. The van der Waals surface area contributed by atoms with Crippen LogP contribution >= 0.6 is 7.82 Å². The number of ether oxygens (including phenoxy) is 2. The van der Waals surface area contributed by atoms with E-state index in [1.807, 2.05) is 24.3 Å². The number of phosphoric ester groups is 1. The Morgan fingerprint density at radius 1 is 0.492 bits per heavy atom. The molecule has 1 saturated carbocycles. The molecule has 0 heterocycles. The number of carbonyl (C=O) groups is 2. The van der Waals surface area contributed by atoms with Crippen molar-refractivity contribution in [1.29, 1.82) is 0 Å². The van der Waals surface area contributed by atoms with Gasteiger partial charge in [-0.05, 0) is 77.0 Å². The first-order valence-electron chi connectivity index (χ1n) is 23.7. The molecule has 63 heavy (non-hydrogen) atoms. The molecule has 0 amide bonds. The molecule has 1 rings (SSSR count). The van der Waals surface area contributed by atoms with Crippen molar-refractivity contribution >= 4 is 19.8 Å². The lowest BCUT2D eigenvalue weighted by molar-refractivity contribution is -0.220. The van der Waals surface area contributed by atoms with Gasteiger partial charge in [0.05, 0.1) is 6.61 Å². The molecule has 1 fully saturated rings. The molecule has 8 atom stereocenters. The standard InChI is InChI=1S/C49H83O13P/c1-3-5-7-9-11-13-15-17-19-21-23-25-27-29-31-33-35-37-42(50)59-39-41(40-60-63(57,58)62-49-47(55)45(53)44(52)46(54)48(49)56)61-43(51)38-36-34-32-30-28-26-24-22-20-18-16-14-12-10-8-6-4-2/h11,13,17,19,23-26,29-32,41,44-49,52-56H,3-10,12,14-16,18,20-22,27-28,33-40H2,1-2H3,(H,57,58)/b13-11+,19-17+,25-23+,26-24+,31-29+,32-30+/t41-,44?,45-,46?,47?,48?,49?/m0/s1. The highest BCUT2D eigenvalue weighted by Gasteiger charge is 2.51. The number of hydrogen-bond donors (Lipinski definition) is 6. The number of hydrogen-bond acceptors (Lipinski definition) is 12. The first-order chi connectivity index (χ1) is 30.4. The Kier molecular flexibility index (Phi) is 35.7. The first-order valence-corrected chi connectivity index (χ1v) is 25.2. The quantitative estimate of drug-likeness (QED) is 0.0148. The van der Waals surface area contributed by atoms with Gasteiger partial charge < -0.3 is 39.9 Å². The van der Waals surface area contributed by atoms with Crippen molar-refractivity contribution in [3.8, 4) is 0 Å². The number of allylic oxidation sites excluding steroid dienone is 12. The van der Waals surface area contributed by atoms with Crippen molar-refractivity contribution in [2.75, 3.05) is 13.2 Å². The van der Waals surface area contributed by atoms with Crippen molar-refractivity contribution in [3.63, 3.8) is 0 Å². The predicted octanol–water partition coefficient (Wildman–Crippen LogP) is 9.50. The minimum atomic E-state index is -5.15. The fourth-order valence-corrected chi connectivity index (χ4v) is 7.64. The van der Waals surface area contributed by atoms with Crippen LogP contribution in [0.1, 0.15) is 168 Å². The van der Waals surface area contributed by atoms with Crippen LogP contribution in [0.3, 0.4) is 0 Å². The van der Waals surface area contributed by atoms with Crippen LogP contribution in [-0.2, 0) is 32.7 Å². The third-order valence-corrected chi connectivity index (χ3v) is 11.5. The van der Waals surface area contributed by atoms with Crippen LogP contribution in [0.5, 0.6) is 0 Å². The summed E-state index contributed by atoms with van der Waals surface area (Å²) in [5.41, 5.74) is 0. The van der Waals surface area contributed by atoms with Crippen LogP contribution < -0.4 is 0 Å². The molecule has 1 aliphatic rings. The molecular formula is C49H83O13P. The first kappa shape index (κ1) is 58.3. The number of aliphatic hydroxyl groups excluding tert-OH is 5. The Balaban J connectivity index is 2.53. The Hall–Kier alpha value is -2.71. The number of phosphoric acid groups is 1. The summed E-state index contributed by atoms with van der Waals surface area (Å²) in [6.07, 6.45) is 35.4. The normalized spacial score (nSPS) is 22.3. The van der Waals surface area contributed by atoms with Crippen LogP contribution in [0.25, 0.3) is 0 Å². The second-order valence-electron chi connectivity index (χ2n) is 16.3. The average molecular weight is 911 g/mol. The van der Waals surface area contributed by atoms with Gasteiger partial charge in [0.25, 0.3) is 0 Å². The summed E-state index contributed by atoms with van der Waals surface area (Å²) in [4.78, 5) is 35.7. The average Bonchev–Trinajstić information content (AvgIpc) is 3.26. The van der Waals surface area contributed by atoms with E-state index in [-0.39, 0.29) is 12.8 Å². The third-order valence-electron chi connectivity index (χ3n) is 10.5. The fraction of sp³-hybridized carbons (Fsp3) is 0.714. The molecule has 6 unspecified atom stereocenters.